The van der Waals surface area contributed by atoms with Crippen LogP contribution in [0.5, 0.6) is 5.75 Å². The number of nitrogens with one attached hydrogen (secondary N) is 1. The van der Waals surface area contributed by atoms with E-state index in [1.54, 1.807) is 24.1 Å². The summed E-state index contributed by atoms with van der Waals surface area (Å²) in [4.78, 5) is 37.5. The molecule has 1 saturated carbocycles. The van der Waals surface area contributed by atoms with Crippen molar-refractivity contribution >= 4 is 23.5 Å². The molecule has 3 rings (SSSR count). The number of amides is 2. The number of hydrogen-bond donors (Lipinski definition) is 2. The van der Waals surface area contributed by atoms with Crippen molar-refractivity contribution in [2.45, 2.75) is 38.1 Å². The van der Waals surface area contributed by atoms with E-state index < -0.39 is 5.97 Å². The average molecular weight is 360 g/mol. The van der Waals surface area contributed by atoms with Gasteiger partial charge in [-0.2, -0.15) is 0 Å². The van der Waals surface area contributed by atoms with Gasteiger partial charge in [-0.25, -0.2) is 0 Å². The van der Waals surface area contributed by atoms with E-state index in [9.17, 15) is 14.4 Å². The van der Waals surface area contributed by atoms with Crippen LogP contribution >= 0.6 is 0 Å². The fourth-order valence-corrected chi connectivity index (χ4v) is 3.70. The van der Waals surface area contributed by atoms with Gasteiger partial charge in [0.25, 0.3) is 0 Å². The van der Waals surface area contributed by atoms with Gasteiger partial charge in [0, 0.05) is 24.7 Å². The first kappa shape index (κ1) is 18.2. The van der Waals surface area contributed by atoms with E-state index in [0.717, 1.165) is 5.69 Å². The zero-order chi connectivity index (χ0) is 18.7. The first-order chi connectivity index (χ1) is 12.5. The summed E-state index contributed by atoms with van der Waals surface area (Å²) < 4.78 is 5.12. The SMILES string of the molecule is COc1ccc(N2CC(C(=O)NC3CCC(C(=O)O)CC3)CC2=O)cc1. The molecule has 1 unspecified atom stereocenters. The third-order valence-corrected chi connectivity index (χ3v) is 5.30. The minimum absolute atomic E-state index is 0.00300. The van der Waals surface area contributed by atoms with Crippen molar-refractivity contribution in [2.75, 3.05) is 18.6 Å². The molecule has 7 nitrogen and oxygen atoms in total. The molecule has 7 heteroatoms. The molecule has 0 aromatic heterocycles. The fraction of sp³-hybridized carbons (Fsp3) is 0.526. The number of aliphatic carboxylic acids is 1. The van der Waals surface area contributed by atoms with Crippen LogP contribution in [0.4, 0.5) is 5.69 Å². The summed E-state index contributed by atoms with van der Waals surface area (Å²) in [7, 11) is 1.58. The van der Waals surface area contributed by atoms with Crippen LogP contribution in [0.3, 0.4) is 0 Å². The monoisotopic (exact) mass is 360 g/mol. The number of nitrogens with zero attached hydrogens (tertiary/aromatic N) is 1. The fourth-order valence-electron chi connectivity index (χ4n) is 3.70. The first-order valence-corrected chi connectivity index (χ1v) is 8.95. The lowest BCUT2D eigenvalue weighted by atomic mass is 9.86. The van der Waals surface area contributed by atoms with Crippen LogP contribution in [0.25, 0.3) is 0 Å². The van der Waals surface area contributed by atoms with Crippen molar-refractivity contribution in [3.05, 3.63) is 24.3 Å². The lowest BCUT2D eigenvalue weighted by Crippen LogP contribution is -2.42. The number of methoxy groups -OCH3 is 1. The Morgan fingerprint density at radius 1 is 1.12 bits per heavy atom. The Hall–Kier alpha value is -2.57. The van der Waals surface area contributed by atoms with Gasteiger partial charge in [-0.15, -0.1) is 0 Å². The van der Waals surface area contributed by atoms with Crippen LogP contribution in [0.2, 0.25) is 0 Å². The van der Waals surface area contributed by atoms with Gasteiger partial charge < -0.3 is 20.1 Å². The van der Waals surface area contributed by atoms with Gasteiger partial charge in [0.15, 0.2) is 0 Å². The number of carbonyl (C=O) groups is 3. The molecule has 1 aromatic rings. The van der Waals surface area contributed by atoms with Gasteiger partial charge in [0.05, 0.1) is 18.9 Å². The highest BCUT2D eigenvalue weighted by molar-refractivity contribution is 6.00. The van der Waals surface area contributed by atoms with Crippen LogP contribution in [-0.2, 0) is 14.4 Å². The van der Waals surface area contributed by atoms with E-state index in [-0.39, 0.29) is 36.1 Å². The van der Waals surface area contributed by atoms with Crippen molar-refractivity contribution in [2.24, 2.45) is 11.8 Å². The quantitative estimate of drug-likeness (QED) is 0.835. The molecule has 0 spiro atoms. The number of rotatable bonds is 5. The second kappa shape index (κ2) is 7.76. The third kappa shape index (κ3) is 3.98. The van der Waals surface area contributed by atoms with E-state index in [0.29, 0.717) is 38.0 Å². The number of anilines is 1. The molecule has 1 saturated heterocycles. The standard InChI is InChI=1S/C19H24N2O5/c1-26-16-8-6-15(7-9-16)21-11-13(10-17(21)22)18(23)20-14-4-2-12(3-5-14)19(24)25/h6-9,12-14H,2-5,10-11H2,1H3,(H,20,23)(H,24,25). The zero-order valence-electron chi connectivity index (χ0n) is 14.8. The molecular formula is C19H24N2O5. The Kier molecular flexibility index (Phi) is 5.44. The van der Waals surface area contributed by atoms with Crippen LogP contribution in [-0.4, -0.2) is 42.6 Å². The van der Waals surface area contributed by atoms with E-state index in [4.69, 9.17) is 9.84 Å². The number of ether oxygens (including phenoxy) is 1. The summed E-state index contributed by atoms with van der Waals surface area (Å²) in [6.07, 6.45) is 2.71. The number of carboxylic acid groups (broad SMARTS) is 1. The van der Waals surface area contributed by atoms with Crippen molar-refractivity contribution < 1.29 is 24.2 Å². The third-order valence-electron chi connectivity index (χ3n) is 5.30. The molecule has 2 N–H and O–H groups in total. The number of carboxylic acids is 1. The van der Waals surface area contributed by atoms with Gasteiger partial charge in [-0.05, 0) is 49.9 Å². The van der Waals surface area contributed by atoms with Gasteiger partial charge in [0.1, 0.15) is 5.75 Å². The largest absolute Gasteiger partial charge is 0.497 e. The molecule has 1 aliphatic carbocycles. The summed E-state index contributed by atoms with van der Waals surface area (Å²) >= 11 is 0. The molecule has 1 heterocycles. The maximum Gasteiger partial charge on any atom is 0.306 e. The normalized spacial score (nSPS) is 25.8. The smallest absolute Gasteiger partial charge is 0.306 e. The van der Waals surface area contributed by atoms with Crippen molar-refractivity contribution in [1.29, 1.82) is 0 Å². The minimum Gasteiger partial charge on any atom is -0.497 e. The summed E-state index contributed by atoms with van der Waals surface area (Å²) in [5, 5.41) is 12.0. The molecular weight excluding hydrogens is 336 g/mol. The highest BCUT2D eigenvalue weighted by atomic mass is 16.5. The van der Waals surface area contributed by atoms with Crippen molar-refractivity contribution in [1.82, 2.24) is 5.32 Å². The molecule has 2 aliphatic rings. The van der Waals surface area contributed by atoms with E-state index in [1.165, 1.54) is 0 Å². The van der Waals surface area contributed by atoms with Gasteiger partial charge in [0.2, 0.25) is 11.8 Å². The van der Waals surface area contributed by atoms with E-state index in [1.807, 2.05) is 12.1 Å². The van der Waals surface area contributed by atoms with Gasteiger partial charge in [-0.3, -0.25) is 14.4 Å². The zero-order valence-corrected chi connectivity index (χ0v) is 14.8. The molecule has 140 valence electrons. The molecule has 1 atom stereocenters. The summed E-state index contributed by atoms with van der Waals surface area (Å²) in [5.41, 5.74) is 0.757. The van der Waals surface area contributed by atoms with Gasteiger partial charge >= 0.3 is 5.97 Å². The molecule has 2 amide bonds. The predicted octanol–water partition coefficient (Wildman–Crippen LogP) is 1.81. The topological polar surface area (TPSA) is 95.9 Å². The second-order valence-electron chi connectivity index (χ2n) is 7.00. The highest BCUT2D eigenvalue weighted by Gasteiger charge is 2.36. The second-order valence-corrected chi connectivity index (χ2v) is 7.00. The molecule has 0 radical (unpaired) electrons. The summed E-state index contributed by atoms with van der Waals surface area (Å²) in [6.45, 7) is 0.363. The van der Waals surface area contributed by atoms with Crippen LogP contribution < -0.4 is 15.0 Å². The minimum atomic E-state index is -0.758. The summed E-state index contributed by atoms with van der Waals surface area (Å²) in [5.74, 6) is -0.903. The Balaban J connectivity index is 1.54. The Morgan fingerprint density at radius 2 is 1.77 bits per heavy atom. The summed E-state index contributed by atoms with van der Waals surface area (Å²) in [6, 6.07) is 7.20. The van der Waals surface area contributed by atoms with Crippen molar-refractivity contribution in [3.8, 4) is 5.75 Å². The van der Waals surface area contributed by atoms with Crippen LogP contribution in [0.15, 0.2) is 24.3 Å². The predicted molar refractivity (Wildman–Crippen MR) is 95.0 cm³/mol. The highest BCUT2D eigenvalue weighted by Crippen LogP contribution is 2.28. The van der Waals surface area contributed by atoms with Gasteiger partial charge in [-0.1, -0.05) is 0 Å². The molecule has 1 aromatic carbocycles. The average Bonchev–Trinajstić information content (AvgIpc) is 3.04. The Bertz CT molecular complexity index is 680. The van der Waals surface area contributed by atoms with Crippen molar-refractivity contribution in [3.63, 3.8) is 0 Å². The number of hydrogen-bond acceptors (Lipinski definition) is 4. The number of benzene rings is 1. The lowest BCUT2D eigenvalue weighted by Gasteiger charge is -2.27. The molecule has 1 aliphatic heterocycles. The molecule has 2 fully saturated rings. The van der Waals surface area contributed by atoms with Crippen LogP contribution in [0.1, 0.15) is 32.1 Å². The molecule has 26 heavy (non-hydrogen) atoms. The van der Waals surface area contributed by atoms with Crippen LogP contribution in [0, 0.1) is 11.8 Å². The molecule has 0 bridgehead atoms. The number of carbonyl (C=O) groups excluding carboxylic acids is 2. The van der Waals surface area contributed by atoms with E-state index >= 15 is 0 Å². The van der Waals surface area contributed by atoms with E-state index in [2.05, 4.69) is 5.32 Å². The first-order valence-electron chi connectivity index (χ1n) is 8.95. The maximum absolute atomic E-state index is 12.5. The Labute approximate surface area is 152 Å². The lowest BCUT2D eigenvalue weighted by molar-refractivity contribution is -0.142. The Morgan fingerprint density at radius 3 is 2.35 bits per heavy atom. The maximum atomic E-state index is 12.5.